The van der Waals surface area contributed by atoms with E-state index in [1.165, 1.54) is 30.7 Å². The molecule has 0 aliphatic carbocycles. The maximum Gasteiger partial charge on any atom is 0.409 e. The minimum absolute atomic E-state index is 0.00455. The van der Waals surface area contributed by atoms with Gasteiger partial charge in [-0.25, -0.2) is 17.5 Å². The zero-order valence-electron chi connectivity index (χ0n) is 15.4. The Balaban J connectivity index is 2.10. The normalized spacial score (nSPS) is 13.4. The summed E-state index contributed by atoms with van der Waals surface area (Å²) >= 11 is 0. The van der Waals surface area contributed by atoms with Crippen LogP contribution in [0.15, 0.2) is 59.5 Å². The molecule has 1 atom stereocenters. The number of hydrogen-bond acceptors (Lipinski definition) is 3. The average molecular weight is 427 g/mol. The molecule has 29 heavy (non-hydrogen) atoms. The van der Waals surface area contributed by atoms with Crippen LogP contribution in [-0.2, 0) is 10.0 Å². The standard InChI is InChI=1S/C19H17F4N3O2S/c1-12-17(13(2)26(24-12)14-8-4-3-5-9-14)18(19(21,22)23)25-29(27,28)16-11-7-6-10-15(16)20/h3-11,18,25H,1-2H3/t18-/m1/s1. The highest BCUT2D eigenvalue weighted by Gasteiger charge is 2.46. The van der Waals surface area contributed by atoms with Crippen LogP contribution in [0.4, 0.5) is 17.6 Å². The SMILES string of the molecule is Cc1nn(-c2ccccc2)c(C)c1[C@@H](NS(=O)(=O)c1ccccc1F)C(F)(F)F. The van der Waals surface area contributed by atoms with Crippen molar-refractivity contribution in [3.8, 4) is 5.69 Å². The quantitative estimate of drug-likeness (QED) is 0.621. The lowest BCUT2D eigenvalue weighted by Crippen LogP contribution is -2.39. The lowest BCUT2D eigenvalue weighted by atomic mass is 10.1. The molecule has 0 spiro atoms. The number of alkyl halides is 3. The van der Waals surface area contributed by atoms with Crippen molar-refractivity contribution in [2.75, 3.05) is 0 Å². The number of rotatable bonds is 5. The molecule has 0 aliphatic heterocycles. The second-order valence-corrected chi connectivity index (χ2v) is 8.04. The molecule has 0 saturated heterocycles. The number of benzene rings is 2. The van der Waals surface area contributed by atoms with E-state index in [0.717, 1.165) is 12.1 Å². The van der Waals surface area contributed by atoms with Crippen LogP contribution in [0.1, 0.15) is 23.0 Å². The van der Waals surface area contributed by atoms with Gasteiger partial charge in [-0.2, -0.15) is 23.0 Å². The number of para-hydroxylation sites is 1. The summed E-state index contributed by atoms with van der Waals surface area (Å²) in [5.41, 5.74) is 0.315. The van der Waals surface area contributed by atoms with Crippen molar-refractivity contribution in [3.63, 3.8) is 0 Å². The summed E-state index contributed by atoms with van der Waals surface area (Å²) in [6.07, 6.45) is -4.97. The predicted molar refractivity (Wildman–Crippen MR) is 98.6 cm³/mol. The molecule has 10 heteroatoms. The van der Waals surface area contributed by atoms with Crippen LogP contribution in [0.5, 0.6) is 0 Å². The van der Waals surface area contributed by atoms with Gasteiger partial charge < -0.3 is 0 Å². The second kappa shape index (κ2) is 7.60. The van der Waals surface area contributed by atoms with Crippen molar-refractivity contribution >= 4 is 10.0 Å². The topological polar surface area (TPSA) is 64.0 Å². The molecule has 0 bridgehead atoms. The van der Waals surface area contributed by atoms with Gasteiger partial charge in [0.15, 0.2) is 0 Å². The van der Waals surface area contributed by atoms with Gasteiger partial charge in [-0.3, -0.25) is 0 Å². The number of sulfonamides is 1. The van der Waals surface area contributed by atoms with Crippen molar-refractivity contribution < 1.29 is 26.0 Å². The fourth-order valence-corrected chi connectivity index (χ4v) is 4.34. The third kappa shape index (κ3) is 4.18. The first-order valence-corrected chi connectivity index (χ1v) is 9.96. The molecule has 5 nitrogen and oxygen atoms in total. The summed E-state index contributed by atoms with van der Waals surface area (Å²) in [6, 6.07) is 10.1. The Labute approximate surface area is 165 Å². The minimum atomic E-state index is -4.97. The molecule has 3 aromatic rings. The van der Waals surface area contributed by atoms with Gasteiger partial charge in [0, 0.05) is 11.3 Å². The zero-order valence-corrected chi connectivity index (χ0v) is 16.2. The molecule has 0 aliphatic rings. The highest BCUT2D eigenvalue weighted by Crippen LogP contribution is 2.37. The number of nitrogens with one attached hydrogen (secondary N) is 1. The molecule has 154 valence electrons. The van der Waals surface area contributed by atoms with Crippen molar-refractivity contribution in [2.45, 2.75) is 31.0 Å². The van der Waals surface area contributed by atoms with Crippen molar-refractivity contribution in [2.24, 2.45) is 0 Å². The lowest BCUT2D eigenvalue weighted by Gasteiger charge is -2.22. The third-order valence-corrected chi connectivity index (χ3v) is 5.82. The van der Waals surface area contributed by atoms with Crippen LogP contribution >= 0.6 is 0 Å². The number of aryl methyl sites for hydroxylation is 1. The van der Waals surface area contributed by atoms with E-state index in [1.807, 2.05) is 0 Å². The van der Waals surface area contributed by atoms with Gasteiger partial charge in [-0.1, -0.05) is 30.3 Å². The van der Waals surface area contributed by atoms with Gasteiger partial charge in [0.25, 0.3) is 0 Å². The summed E-state index contributed by atoms with van der Waals surface area (Å²) < 4.78 is 83.4. The summed E-state index contributed by atoms with van der Waals surface area (Å²) in [6.45, 7) is 2.77. The maximum atomic E-state index is 13.9. The molecule has 2 aromatic carbocycles. The molecule has 1 aromatic heterocycles. The number of hydrogen-bond donors (Lipinski definition) is 1. The summed E-state index contributed by atoms with van der Waals surface area (Å²) in [5, 5.41) is 4.14. The van der Waals surface area contributed by atoms with E-state index in [1.54, 1.807) is 35.1 Å². The Hall–Kier alpha value is -2.72. The van der Waals surface area contributed by atoms with E-state index in [9.17, 15) is 26.0 Å². The summed E-state index contributed by atoms with van der Waals surface area (Å²) in [4.78, 5) is -0.861. The van der Waals surface area contributed by atoms with Gasteiger partial charge in [0.1, 0.15) is 16.8 Å². The highest BCUT2D eigenvalue weighted by atomic mass is 32.2. The van der Waals surface area contributed by atoms with E-state index in [0.29, 0.717) is 5.69 Å². The Bertz CT molecular complexity index is 1130. The molecule has 0 saturated carbocycles. The van der Waals surface area contributed by atoms with Crippen LogP contribution < -0.4 is 4.72 Å². The molecule has 0 amide bonds. The first kappa shape index (κ1) is 21.0. The Morgan fingerprint density at radius 3 is 2.17 bits per heavy atom. The highest BCUT2D eigenvalue weighted by molar-refractivity contribution is 7.89. The predicted octanol–water partition coefficient (Wildman–Crippen LogP) is 4.21. The van der Waals surface area contributed by atoms with Crippen LogP contribution in [0.2, 0.25) is 0 Å². The monoisotopic (exact) mass is 427 g/mol. The van der Waals surface area contributed by atoms with Gasteiger partial charge in [-0.15, -0.1) is 0 Å². The van der Waals surface area contributed by atoms with Crippen LogP contribution in [0.25, 0.3) is 5.69 Å². The molecular formula is C19H17F4N3O2S. The first-order chi connectivity index (χ1) is 13.5. The Kier molecular flexibility index (Phi) is 5.50. The smallest absolute Gasteiger partial charge is 0.237 e. The summed E-state index contributed by atoms with van der Waals surface area (Å²) in [5.74, 6) is -1.14. The number of halogens is 4. The van der Waals surface area contributed by atoms with Gasteiger partial charge >= 0.3 is 6.18 Å². The zero-order chi connectivity index (χ0) is 21.4. The molecule has 1 heterocycles. The van der Waals surface area contributed by atoms with E-state index in [4.69, 9.17) is 0 Å². The lowest BCUT2D eigenvalue weighted by molar-refractivity contribution is -0.153. The minimum Gasteiger partial charge on any atom is -0.237 e. The molecule has 1 N–H and O–H groups in total. The maximum absolute atomic E-state index is 13.9. The van der Waals surface area contributed by atoms with Gasteiger partial charge in [0.05, 0.1) is 11.4 Å². The molecule has 0 fully saturated rings. The fraction of sp³-hybridized carbons (Fsp3) is 0.211. The van der Waals surface area contributed by atoms with E-state index in [-0.39, 0.29) is 17.0 Å². The number of aromatic nitrogens is 2. The molecular weight excluding hydrogens is 410 g/mol. The second-order valence-electron chi connectivity index (χ2n) is 6.36. The number of nitrogens with zero attached hydrogens (tertiary/aromatic N) is 2. The van der Waals surface area contributed by atoms with E-state index < -0.39 is 33.0 Å². The van der Waals surface area contributed by atoms with Crippen molar-refractivity contribution in [1.82, 2.24) is 14.5 Å². The largest absolute Gasteiger partial charge is 0.409 e. The fourth-order valence-electron chi connectivity index (χ4n) is 3.06. The first-order valence-electron chi connectivity index (χ1n) is 8.47. The molecule has 3 rings (SSSR count). The van der Waals surface area contributed by atoms with Crippen LogP contribution in [0.3, 0.4) is 0 Å². The molecule has 0 radical (unpaired) electrons. The van der Waals surface area contributed by atoms with Gasteiger partial charge in [0.2, 0.25) is 10.0 Å². The third-order valence-electron chi connectivity index (χ3n) is 4.36. The summed E-state index contributed by atoms with van der Waals surface area (Å²) in [7, 11) is -4.79. The Morgan fingerprint density at radius 2 is 1.59 bits per heavy atom. The van der Waals surface area contributed by atoms with Gasteiger partial charge in [-0.05, 0) is 38.1 Å². The van der Waals surface area contributed by atoms with E-state index >= 15 is 0 Å². The molecule has 0 unspecified atom stereocenters. The van der Waals surface area contributed by atoms with Crippen molar-refractivity contribution in [1.29, 1.82) is 0 Å². The van der Waals surface area contributed by atoms with Crippen LogP contribution in [0, 0.1) is 19.7 Å². The van der Waals surface area contributed by atoms with Crippen molar-refractivity contribution in [3.05, 3.63) is 77.4 Å². The average Bonchev–Trinajstić information content (AvgIpc) is 2.94. The Morgan fingerprint density at radius 1 is 1.00 bits per heavy atom. The van der Waals surface area contributed by atoms with Crippen LogP contribution in [-0.4, -0.2) is 24.4 Å². The van der Waals surface area contributed by atoms with E-state index in [2.05, 4.69) is 5.10 Å².